The van der Waals surface area contributed by atoms with E-state index in [1.807, 2.05) is 24.3 Å². The first kappa shape index (κ1) is 19.4. The van der Waals surface area contributed by atoms with Gasteiger partial charge in [0.25, 0.3) is 0 Å². The molecule has 0 aliphatic carbocycles. The molecule has 2 amide bonds. The second-order valence-electron chi connectivity index (χ2n) is 6.59. The summed E-state index contributed by atoms with van der Waals surface area (Å²) >= 11 is 0. The number of hydrogen-bond donors (Lipinski definition) is 1. The van der Waals surface area contributed by atoms with Gasteiger partial charge in [-0.3, -0.25) is 9.59 Å². The molecule has 3 rings (SSSR count). The minimum absolute atomic E-state index is 0.0815. The van der Waals surface area contributed by atoms with Crippen LogP contribution >= 0.6 is 0 Å². The van der Waals surface area contributed by atoms with E-state index in [0.717, 1.165) is 5.56 Å². The first-order chi connectivity index (χ1) is 13.4. The standard InChI is InChI=1S/C21H22N2O5/c1-23-18(24)12-17(19(23)13-6-10-16(27-2)11-7-13)20(25)22-15-8-4-14(5-9-15)21(26)28-3/h4-11,17,19H,12H2,1-3H3,(H,22,25)/t17-,19-/m1/s1. The largest absolute Gasteiger partial charge is 0.497 e. The maximum atomic E-state index is 12.9. The number of benzene rings is 2. The van der Waals surface area contributed by atoms with Gasteiger partial charge in [0.15, 0.2) is 0 Å². The molecular formula is C21H22N2O5. The summed E-state index contributed by atoms with van der Waals surface area (Å²) in [5.41, 5.74) is 1.82. The lowest BCUT2D eigenvalue weighted by Gasteiger charge is -2.25. The quantitative estimate of drug-likeness (QED) is 0.804. The maximum absolute atomic E-state index is 12.9. The van der Waals surface area contributed by atoms with E-state index in [1.165, 1.54) is 7.11 Å². The number of hydrogen-bond acceptors (Lipinski definition) is 5. The van der Waals surface area contributed by atoms with Crippen LogP contribution in [-0.4, -0.2) is 44.0 Å². The van der Waals surface area contributed by atoms with Gasteiger partial charge in [-0.25, -0.2) is 4.79 Å². The average molecular weight is 382 g/mol. The lowest BCUT2D eigenvalue weighted by molar-refractivity contribution is -0.128. The number of anilines is 1. The van der Waals surface area contributed by atoms with E-state index in [-0.39, 0.29) is 24.3 Å². The Balaban J connectivity index is 1.78. The van der Waals surface area contributed by atoms with Crippen molar-refractivity contribution in [1.82, 2.24) is 4.90 Å². The van der Waals surface area contributed by atoms with Gasteiger partial charge in [0.1, 0.15) is 5.75 Å². The van der Waals surface area contributed by atoms with Gasteiger partial charge in [-0.1, -0.05) is 12.1 Å². The third-order valence-corrected chi connectivity index (χ3v) is 4.95. The van der Waals surface area contributed by atoms with Crippen LogP contribution in [0.3, 0.4) is 0 Å². The molecule has 7 heteroatoms. The van der Waals surface area contributed by atoms with Crippen molar-refractivity contribution in [3.05, 3.63) is 59.7 Å². The van der Waals surface area contributed by atoms with Gasteiger partial charge in [-0.2, -0.15) is 0 Å². The second-order valence-corrected chi connectivity index (χ2v) is 6.59. The van der Waals surface area contributed by atoms with Gasteiger partial charge in [0.05, 0.1) is 31.7 Å². The van der Waals surface area contributed by atoms with Crippen LogP contribution in [0.15, 0.2) is 48.5 Å². The predicted octanol–water partition coefficient (Wildman–Crippen LogP) is 2.64. The van der Waals surface area contributed by atoms with Crippen LogP contribution in [0.2, 0.25) is 0 Å². The number of carbonyl (C=O) groups is 3. The molecule has 0 spiro atoms. The van der Waals surface area contributed by atoms with Crippen LogP contribution in [0.1, 0.15) is 28.4 Å². The van der Waals surface area contributed by atoms with Crippen molar-refractivity contribution < 1.29 is 23.9 Å². The highest BCUT2D eigenvalue weighted by Gasteiger charge is 2.42. The van der Waals surface area contributed by atoms with Crippen LogP contribution in [0.4, 0.5) is 5.69 Å². The van der Waals surface area contributed by atoms with Gasteiger partial charge >= 0.3 is 5.97 Å². The summed E-state index contributed by atoms with van der Waals surface area (Å²) < 4.78 is 9.84. The molecule has 1 fully saturated rings. The Labute approximate surface area is 163 Å². The van der Waals surface area contributed by atoms with Crippen molar-refractivity contribution in [2.24, 2.45) is 5.92 Å². The highest BCUT2D eigenvalue weighted by molar-refractivity contribution is 5.98. The third-order valence-electron chi connectivity index (χ3n) is 4.95. The fourth-order valence-electron chi connectivity index (χ4n) is 3.40. The predicted molar refractivity (Wildman–Crippen MR) is 103 cm³/mol. The Morgan fingerprint density at radius 3 is 2.25 bits per heavy atom. The Bertz CT molecular complexity index is 877. The molecule has 0 unspecified atom stereocenters. The molecule has 28 heavy (non-hydrogen) atoms. The van der Waals surface area contributed by atoms with E-state index in [2.05, 4.69) is 10.1 Å². The number of rotatable bonds is 5. The molecule has 146 valence electrons. The SMILES string of the molecule is COC(=O)c1ccc(NC(=O)[C@@H]2CC(=O)N(C)[C@@H]2c2ccc(OC)cc2)cc1. The molecule has 1 heterocycles. The van der Waals surface area contributed by atoms with E-state index >= 15 is 0 Å². The monoisotopic (exact) mass is 382 g/mol. The van der Waals surface area contributed by atoms with Crippen LogP contribution in [0.5, 0.6) is 5.75 Å². The van der Waals surface area contributed by atoms with Gasteiger partial charge in [-0.05, 0) is 42.0 Å². The zero-order valence-electron chi connectivity index (χ0n) is 16.0. The molecule has 2 atom stereocenters. The molecule has 1 N–H and O–H groups in total. The van der Waals surface area contributed by atoms with Crippen molar-refractivity contribution in [2.75, 3.05) is 26.6 Å². The van der Waals surface area contributed by atoms with Gasteiger partial charge < -0.3 is 19.7 Å². The Morgan fingerprint density at radius 2 is 1.68 bits per heavy atom. The molecular weight excluding hydrogens is 360 g/mol. The molecule has 1 saturated heterocycles. The van der Waals surface area contributed by atoms with Gasteiger partial charge in [0, 0.05) is 19.2 Å². The summed E-state index contributed by atoms with van der Waals surface area (Å²) in [6, 6.07) is 13.4. The van der Waals surface area contributed by atoms with Crippen molar-refractivity contribution in [1.29, 1.82) is 0 Å². The first-order valence-corrected chi connectivity index (χ1v) is 8.83. The van der Waals surface area contributed by atoms with Crippen molar-refractivity contribution >= 4 is 23.5 Å². The van der Waals surface area contributed by atoms with E-state index in [9.17, 15) is 14.4 Å². The number of methoxy groups -OCH3 is 2. The number of nitrogens with one attached hydrogen (secondary N) is 1. The van der Waals surface area contributed by atoms with Crippen molar-refractivity contribution in [3.8, 4) is 5.75 Å². The molecule has 0 aromatic heterocycles. The van der Waals surface area contributed by atoms with E-state index in [1.54, 1.807) is 43.3 Å². The average Bonchev–Trinajstić information content (AvgIpc) is 3.02. The minimum atomic E-state index is -0.522. The van der Waals surface area contributed by atoms with Gasteiger partial charge in [0.2, 0.25) is 11.8 Å². The van der Waals surface area contributed by atoms with E-state index < -0.39 is 11.9 Å². The fraction of sp³-hybridized carbons (Fsp3) is 0.286. The number of esters is 1. The third kappa shape index (κ3) is 3.83. The lowest BCUT2D eigenvalue weighted by Crippen LogP contribution is -2.30. The smallest absolute Gasteiger partial charge is 0.337 e. The molecule has 0 radical (unpaired) electrons. The maximum Gasteiger partial charge on any atom is 0.337 e. The first-order valence-electron chi connectivity index (χ1n) is 8.83. The van der Waals surface area contributed by atoms with Crippen LogP contribution in [0, 0.1) is 5.92 Å². The Hall–Kier alpha value is -3.35. The summed E-state index contributed by atoms with van der Waals surface area (Å²) in [4.78, 5) is 38.3. The number of ether oxygens (including phenoxy) is 2. The highest BCUT2D eigenvalue weighted by atomic mass is 16.5. The number of amides is 2. The fourth-order valence-corrected chi connectivity index (χ4v) is 3.40. The van der Waals surface area contributed by atoms with Crippen molar-refractivity contribution in [3.63, 3.8) is 0 Å². The van der Waals surface area contributed by atoms with Crippen molar-refractivity contribution in [2.45, 2.75) is 12.5 Å². The number of nitrogens with zero attached hydrogens (tertiary/aromatic N) is 1. The Morgan fingerprint density at radius 1 is 1.04 bits per heavy atom. The normalized spacial score (nSPS) is 18.7. The summed E-state index contributed by atoms with van der Waals surface area (Å²) in [6.45, 7) is 0. The van der Waals surface area contributed by atoms with Gasteiger partial charge in [-0.15, -0.1) is 0 Å². The molecule has 0 bridgehead atoms. The summed E-state index contributed by atoms with van der Waals surface area (Å²) in [7, 11) is 4.60. The minimum Gasteiger partial charge on any atom is -0.497 e. The zero-order chi connectivity index (χ0) is 20.3. The zero-order valence-corrected chi connectivity index (χ0v) is 16.0. The topological polar surface area (TPSA) is 84.9 Å². The molecule has 2 aromatic carbocycles. The number of likely N-dealkylation sites (tertiary alicyclic amines) is 1. The molecule has 2 aromatic rings. The summed E-state index contributed by atoms with van der Waals surface area (Å²) in [5, 5.41) is 2.84. The second kappa shape index (κ2) is 8.12. The van der Waals surface area contributed by atoms with Crippen LogP contribution in [0.25, 0.3) is 0 Å². The van der Waals surface area contributed by atoms with Crippen LogP contribution in [-0.2, 0) is 14.3 Å². The molecule has 1 aliphatic rings. The van der Waals surface area contributed by atoms with Crippen LogP contribution < -0.4 is 10.1 Å². The number of carbonyl (C=O) groups excluding carboxylic acids is 3. The lowest BCUT2D eigenvalue weighted by atomic mass is 9.92. The molecule has 0 saturated carbocycles. The van der Waals surface area contributed by atoms with E-state index in [0.29, 0.717) is 17.0 Å². The van der Waals surface area contributed by atoms with E-state index in [4.69, 9.17) is 4.74 Å². The molecule has 1 aliphatic heterocycles. The summed E-state index contributed by atoms with van der Waals surface area (Å²) in [5.74, 6) is -0.583. The summed E-state index contributed by atoms with van der Waals surface area (Å²) in [6.07, 6.45) is 0.138. The highest BCUT2D eigenvalue weighted by Crippen LogP contribution is 2.38. The Kier molecular flexibility index (Phi) is 5.63. The molecule has 7 nitrogen and oxygen atoms in total.